The number of benzene rings is 1. The molecule has 0 bridgehead atoms. The highest BCUT2D eigenvalue weighted by Crippen LogP contribution is 2.39. The van der Waals surface area contributed by atoms with Crippen molar-refractivity contribution < 1.29 is 9.59 Å². The number of carbonyl (C=O) groups excluding carboxylic acids is 2. The number of thiophene rings is 1. The zero-order chi connectivity index (χ0) is 17.3. The number of carbonyl (C=O) groups is 2. The predicted octanol–water partition coefficient (Wildman–Crippen LogP) is 3.95. The molecule has 0 saturated carbocycles. The Morgan fingerprint density at radius 3 is 2.62 bits per heavy atom. The number of hydrogen-bond donors (Lipinski definition) is 2. The molecule has 6 heteroatoms. The molecular weight excluding hydrogens is 340 g/mol. The fourth-order valence-electron chi connectivity index (χ4n) is 3.02. The van der Waals surface area contributed by atoms with Gasteiger partial charge in [0.05, 0.1) is 5.56 Å². The van der Waals surface area contributed by atoms with Gasteiger partial charge in [-0.1, -0.05) is 6.92 Å². The van der Waals surface area contributed by atoms with E-state index in [0.29, 0.717) is 22.0 Å². The van der Waals surface area contributed by atoms with Gasteiger partial charge in [0.25, 0.3) is 11.8 Å². The topological polar surface area (TPSA) is 72.2 Å². The fourth-order valence-corrected chi connectivity index (χ4v) is 4.84. The second kappa shape index (κ2) is 6.99. The van der Waals surface area contributed by atoms with Crippen molar-refractivity contribution >= 4 is 39.9 Å². The van der Waals surface area contributed by atoms with Gasteiger partial charge in [-0.2, -0.15) is 0 Å². The first-order chi connectivity index (χ1) is 11.5. The van der Waals surface area contributed by atoms with Crippen LogP contribution in [0.2, 0.25) is 0 Å². The number of anilines is 1. The van der Waals surface area contributed by atoms with Gasteiger partial charge in [-0.25, -0.2) is 0 Å². The quantitative estimate of drug-likeness (QED) is 0.811. The molecule has 0 aliphatic heterocycles. The Morgan fingerprint density at radius 1 is 1.29 bits per heavy atom. The van der Waals surface area contributed by atoms with Gasteiger partial charge in [0.1, 0.15) is 5.00 Å². The van der Waals surface area contributed by atoms with Gasteiger partial charge in [0.2, 0.25) is 0 Å². The Labute approximate surface area is 149 Å². The maximum absolute atomic E-state index is 12.5. The van der Waals surface area contributed by atoms with Crippen molar-refractivity contribution in [2.24, 2.45) is 11.7 Å². The van der Waals surface area contributed by atoms with Crippen molar-refractivity contribution in [2.45, 2.75) is 31.1 Å². The van der Waals surface area contributed by atoms with E-state index in [1.807, 2.05) is 18.4 Å². The fraction of sp³-hybridized carbons (Fsp3) is 0.333. The third-order valence-electron chi connectivity index (χ3n) is 4.34. The molecule has 126 valence electrons. The van der Waals surface area contributed by atoms with Crippen LogP contribution in [0.3, 0.4) is 0 Å². The number of thioether (sulfide) groups is 1. The van der Waals surface area contributed by atoms with Crippen molar-refractivity contribution in [3.05, 3.63) is 45.8 Å². The van der Waals surface area contributed by atoms with Crippen LogP contribution in [0.25, 0.3) is 0 Å². The molecule has 0 unspecified atom stereocenters. The molecule has 1 aliphatic rings. The minimum atomic E-state index is -0.463. The molecular formula is C18H20N2O2S2. The summed E-state index contributed by atoms with van der Waals surface area (Å²) in [4.78, 5) is 26.7. The Balaban J connectivity index is 1.88. The first-order valence-corrected chi connectivity index (χ1v) is 9.93. The monoisotopic (exact) mass is 360 g/mol. The summed E-state index contributed by atoms with van der Waals surface area (Å²) in [6, 6.07) is 7.41. The molecule has 1 aromatic carbocycles. The van der Waals surface area contributed by atoms with Crippen LogP contribution in [-0.4, -0.2) is 18.1 Å². The summed E-state index contributed by atoms with van der Waals surface area (Å²) < 4.78 is 0. The Kier molecular flexibility index (Phi) is 4.96. The molecule has 1 atom stereocenters. The average molecular weight is 361 g/mol. The van der Waals surface area contributed by atoms with Crippen LogP contribution in [0.15, 0.2) is 29.2 Å². The maximum Gasteiger partial charge on any atom is 0.256 e. The lowest BCUT2D eigenvalue weighted by molar-refractivity contribution is 0.1000. The van der Waals surface area contributed by atoms with E-state index in [1.165, 1.54) is 16.2 Å². The summed E-state index contributed by atoms with van der Waals surface area (Å²) in [6.07, 6.45) is 4.83. The molecule has 0 fully saturated rings. The smallest absolute Gasteiger partial charge is 0.256 e. The molecule has 0 saturated heterocycles. The molecule has 2 aromatic rings. The maximum atomic E-state index is 12.5. The van der Waals surface area contributed by atoms with Crippen molar-refractivity contribution in [1.29, 1.82) is 0 Å². The van der Waals surface area contributed by atoms with E-state index in [2.05, 4.69) is 12.2 Å². The molecule has 2 amide bonds. The second-order valence-electron chi connectivity index (χ2n) is 6.10. The summed E-state index contributed by atoms with van der Waals surface area (Å²) in [5.74, 6) is -0.0774. The first-order valence-electron chi connectivity index (χ1n) is 7.89. The molecule has 0 radical (unpaired) electrons. The van der Waals surface area contributed by atoms with Crippen molar-refractivity contribution in [3.8, 4) is 0 Å². The Bertz CT molecular complexity index is 781. The third kappa shape index (κ3) is 3.35. The lowest BCUT2D eigenvalue weighted by atomic mass is 9.88. The SMILES string of the molecule is CSc1ccc(C(=O)Nc2sc3c(c2C(N)=O)CC[C@@H](C)C3)cc1. The number of nitrogens with one attached hydrogen (secondary N) is 1. The summed E-state index contributed by atoms with van der Waals surface area (Å²) in [6.45, 7) is 2.21. The lowest BCUT2D eigenvalue weighted by Crippen LogP contribution is -2.19. The van der Waals surface area contributed by atoms with Gasteiger partial charge in [-0.15, -0.1) is 23.1 Å². The predicted molar refractivity (Wildman–Crippen MR) is 100 cm³/mol. The van der Waals surface area contributed by atoms with E-state index in [9.17, 15) is 9.59 Å². The summed E-state index contributed by atoms with van der Waals surface area (Å²) >= 11 is 3.11. The van der Waals surface area contributed by atoms with Gasteiger partial charge in [-0.3, -0.25) is 9.59 Å². The molecule has 1 aliphatic carbocycles. The van der Waals surface area contributed by atoms with Crippen molar-refractivity contribution in [1.82, 2.24) is 0 Å². The Morgan fingerprint density at radius 2 is 2.00 bits per heavy atom. The number of rotatable bonds is 4. The van der Waals surface area contributed by atoms with E-state index in [4.69, 9.17) is 5.73 Å². The zero-order valence-electron chi connectivity index (χ0n) is 13.7. The Hall–Kier alpha value is -1.79. The first kappa shape index (κ1) is 17.0. The van der Waals surface area contributed by atoms with Crippen LogP contribution >= 0.6 is 23.1 Å². The van der Waals surface area contributed by atoms with Crippen molar-refractivity contribution in [3.63, 3.8) is 0 Å². The van der Waals surface area contributed by atoms with Gasteiger partial charge >= 0.3 is 0 Å². The normalized spacial score (nSPS) is 16.5. The number of primary amides is 1. The van der Waals surface area contributed by atoms with E-state index in [0.717, 1.165) is 29.7 Å². The minimum Gasteiger partial charge on any atom is -0.365 e. The summed E-state index contributed by atoms with van der Waals surface area (Å²) in [5.41, 5.74) is 7.68. The highest BCUT2D eigenvalue weighted by atomic mass is 32.2. The van der Waals surface area contributed by atoms with Crippen LogP contribution in [0, 0.1) is 5.92 Å². The number of amides is 2. The highest BCUT2D eigenvalue weighted by molar-refractivity contribution is 7.98. The van der Waals surface area contributed by atoms with Crippen LogP contribution in [-0.2, 0) is 12.8 Å². The van der Waals surface area contributed by atoms with E-state index in [-0.39, 0.29) is 5.91 Å². The van der Waals surface area contributed by atoms with Crippen molar-refractivity contribution in [2.75, 3.05) is 11.6 Å². The van der Waals surface area contributed by atoms with Gasteiger partial charge < -0.3 is 11.1 Å². The minimum absolute atomic E-state index is 0.211. The van der Waals surface area contributed by atoms with Crippen LogP contribution in [0.1, 0.15) is 44.5 Å². The van der Waals surface area contributed by atoms with Crippen LogP contribution < -0.4 is 11.1 Å². The molecule has 24 heavy (non-hydrogen) atoms. The molecule has 3 rings (SSSR count). The van der Waals surface area contributed by atoms with Gasteiger partial charge in [0.15, 0.2) is 0 Å². The van der Waals surface area contributed by atoms with E-state index >= 15 is 0 Å². The number of nitrogens with two attached hydrogens (primary N) is 1. The lowest BCUT2D eigenvalue weighted by Gasteiger charge is -2.18. The van der Waals surface area contributed by atoms with Crippen LogP contribution in [0.5, 0.6) is 0 Å². The summed E-state index contributed by atoms with van der Waals surface area (Å²) in [5, 5.41) is 3.47. The molecule has 3 N–H and O–H groups in total. The third-order valence-corrected chi connectivity index (χ3v) is 6.25. The van der Waals surface area contributed by atoms with Crippen LogP contribution in [0.4, 0.5) is 5.00 Å². The number of fused-ring (bicyclic) bond motifs is 1. The zero-order valence-corrected chi connectivity index (χ0v) is 15.4. The van der Waals surface area contributed by atoms with Gasteiger partial charge in [0, 0.05) is 15.3 Å². The highest BCUT2D eigenvalue weighted by Gasteiger charge is 2.27. The molecule has 0 spiro atoms. The van der Waals surface area contributed by atoms with Gasteiger partial charge in [-0.05, 0) is 61.3 Å². The molecule has 1 heterocycles. The molecule has 4 nitrogen and oxygen atoms in total. The average Bonchev–Trinajstić information content (AvgIpc) is 2.91. The van der Waals surface area contributed by atoms with E-state index < -0.39 is 5.91 Å². The second-order valence-corrected chi connectivity index (χ2v) is 8.09. The molecule has 1 aromatic heterocycles. The van der Waals surface area contributed by atoms with E-state index in [1.54, 1.807) is 23.9 Å². The summed E-state index contributed by atoms with van der Waals surface area (Å²) in [7, 11) is 0. The standard InChI is InChI=1S/C18H20N2O2S2/c1-10-3-8-13-14(9-10)24-18(15(13)16(19)21)20-17(22)11-4-6-12(23-2)7-5-11/h4-7,10H,3,8-9H2,1-2H3,(H2,19,21)(H,20,22)/t10-/m1/s1. The largest absolute Gasteiger partial charge is 0.365 e. The number of hydrogen-bond acceptors (Lipinski definition) is 4.